The van der Waals surface area contributed by atoms with E-state index < -0.39 is 5.63 Å². The van der Waals surface area contributed by atoms with Crippen molar-refractivity contribution >= 4 is 45.4 Å². The van der Waals surface area contributed by atoms with Gasteiger partial charge in [-0.3, -0.25) is 0 Å². The number of thioether (sulfide) groups is 1. The van der Waals surface area contributed by atoms with Crippen LogP contribution in [0.2, 0.25) is 5.02 Å². The van der Waals surface area contributed by atoms with E-state index in [1.54, 1.807) is 29.1 Å². The van der Waals surface area contributed by atoms with Crippen LogP contribution >= 0.6 is 23.4 Å². The number of halogens is 2. The predicted octanol–water partition coefficient (Wildman–Crippen LogP) is 4.71. The lowest BCUT2D eigenvalue weighted by atomic mass is 10.1. The highest BCUT2D eigenvalue weighted by atomic mass is 35.5. The van der Waals surface area contributed by atoms with Crippen LogP contribution in [0.25, 0.3) is 27.7 Å². The van der Waals surface area contributed by atoms with Crippen molar-refractivity contribution in [2.45, 2.75) is 10.8 Å². The van der Waals surface area contributed by atoms with Crippen molar-refractivity contribution in [2.24, 2.45) is 0 Å². The summed E-state index contributed by atoms with van der Waals surface area (Å²) >= 11 is 7.43. The molecule has 7 nitrogen and oxygen atoms in total. The molecular weight excluding hydrogens is 443 g/mol. The number of rotatable bonds is 4. The molecule has 5 rings (SSSR count). The van der Waals surface area contributed by atoms with Gasteiger partial charge < -0.3 is 9.52 Å². The molecule has 3 heterocycles. The summed E-state index contributed by atoms with van der Waals surface area (Å²) in [6.45, 7) is 0. The van der Waals surface area contributed by atoms with Gasteiger partial charge >= 0.3 is 5.63 Å². The van der Waals surface area contributed by atoms with Gasteiger partial charge in [0.25, 0.3) is 0 Å². The van der Waals surface area contributed by atoms with Crippen LogP contribution in [0.15, 0.2) is 69.2 Å². The number of phenolic OH excluding ortho intramolecular Hbond substituents is 1. The van der Waals surface area contributed by atoms with E-state index in [1.165, 1.54) is 42.4 Å². The van der Waals surface area contributed by atoms with Crippen LogP contribution in [0.5, 0.6) is 5.75 Å². The van der Waals surface area contributed by atoms with Crippen molar-refractivity contribution in [2.75, 3.05) is 0 Å². The van der Waals surface area contributed by atoms with Gasteiger partial charge in [-0.2, -0.15) is 5.10 Å². The van der Waals surface area contributed by atoms with Gasteiger partial charge in [0.2, 0.25) is 0 Å². The highest BCUT2D eigenvalue weighted by molar-refractivity contribution is 7.98. The van der Waals surface area contributed by atoms with Crippen LogP contribution in [0.1, 0.15) is 5.56 Å². The van der Waals surface area contributed by atoms with E-state index in [0.29, 0.717) is 33.1 Å². The Morgan fingerprint density at radius 1 is 1.13 bits per heavy atom. The smallest absolute Gasteiger partial charge is 0.336 e. The third-order valence-corrected chi connectivity index (χ3v) is 6.02. The maximum atomic E-state index is 13.2. The Labute approximate surface area is 183 Å². The summed E-state index contributed by atoms with van der Waals surface area (Å²) in [5, 5.41) is 16.3. The minimum Gasteiger partial charge on any atom is -0.506 e. The van der Waals surface area contributed by atoms with Gasteiger partial charge in [-0.25, -0.2) is 23.8 Å². The molecule has 2 aromatic carbocycles. The van der Waals surface area contributed by atoms with E-state index >= 15 is 0 Å². The Hall–Kier alpha value is -3.43. The molecule has 154 valence electrons. The molecule has 5 aromatic rings. The van der Waals surface area contributed by atoms with Gasteiger partial charge in [0.05, 0.1) is 22.3 Å². The molecule has 0 aliphatic carbocycles. The monoisotopic (exact) mass is 454 g/mol. The first-order chi connectivity index (χ1) is 15.0. The first-order valence-electron chi connectivity index (χ1n) is 9.02. The number of fused-ring (bicyclic) bond motifs is 2. The Morgan fingerprint density at radius 3 is 2.74 bits per heavy atom. The highest BCUT2D eigenvalue weighted by Crippen LogP contribution is 2.33. The van der Waals surface area contributed by atoms with Crippen molar-refractivity contribution < 1.29 is 13.9 Å². The van der Waals surface area contributed by atoms with Gasteiger partial charge in [-0.1, -0.05) is 11.6 Å². The van der Waals surface area contributed by atoms with E-state index in [0.717, 1.165) is 5.39 Å². The minimum atomic E-state index is -0.526. The Bertz CT molecular complexity index is 1500. The summed E-state index contributed by atoms with van der Waals surface area (Å²) in [7, 11) is 0. The molecule has 0 fully saturated rings. The molecule has 0 unspecified atom stereocenters. The third kappa shape index (κ3) is 3.62. The Balaban J connectivity index is 1.52. The molecular formula is C21H12ClFN4O3S. The number of hydrogen-bond acceptors (Lipinski definition) is 7. The number of aromatic hydroxyl groups is 1. The van der Waals surface area contributed by atoms with Gasteiger partial charge in [-0.15, -0.1) is 11.8 Å². The molecule has 0 amide bonds. The van der Waals surface area contributed by atoms with E-state index in [-0.39, 0.29) is 22.2 Å². The molecule has 0 aliphatic heterocycles. The average Bonchev–Trinajstić information content (AvgIpc) is 3.18. The van der Waals surface area contributed by atoms with Crippen molar-refractivity contribution in [3.63, 3.8) is 0 Å². The summed E-state index contributed by atoms with van der Waals surface area (Å²) in [6, 6.07) is 10.2. The van der Waals surface area contributed by atoms with Crippen LogP contribution in [0.4, 0.5) is 4.39 Å². The van der Waals surface area contributed by atoms with Crippen molar-refractivity contribution in [3.05, 3.63) is 81.8 Å². The predicted molar refractivity (Wildman–Crippen MR) is 115 cm³/mol. The van der Waals surface area contributed by atoms with E-state index in [9.17, 15) is 14.3 Å². The van der Waals surface area contributed by atoms with Crippen LogP contribution in [0.3, 0.4) is 0 Å². The van der Waals surface area contributed by atoms with E-state index in [4.69, 9.17) is 16.0 Å². The normalized spacial score (nSPS) is 11.4. The second kappa shape index (κ2) is 7.68. The second-order valence-electron chi connectivity index (χ2n) is 6.63. The molecule has 0 spiro atoms. The third-order valence-electron chi connectivity index (χ3n) is 4.66. The summed E-state index contributed by atoms with van der Waals surface area (Å²) in [6.07, 6.45) is 3.08. The molecule has 1 N–H and O–H groups in total. The number of phenols is 1. The summed E-state index contributed by atoms with van der Waals surface area (Å²) in [5.41, 5.74) is 1.67. The van der Waals surface area contributed by atoms with Crippen molar-refractivity contribution in [1.82, 2.24) is 19.7 Å². The molecule has 0 saturated heterocycles. The summed E-state index contributed by atoms with van der Waals surface area (Å²) in [5.74, 6) is -0.0938. The minimum absolute atomic E-state index is 0.159. The lowest BCUT2D eigenvalue weighted by molar-refractivity contribution is 0.473. The zero-order valence-electron chi connectivity index (χ0n) is 15.6. The van der Waals surface area contributed by atoms with Gasteiger partial charge in [0.15, 0.2) is 5.65 Å². The van der Waals surface area contributed by atoms with Gasteiger partial charge in [0.1, 0.15) is 28.5 Å². The van der Waals surface area contributed by atoms with Crippen LogP contribution < -0.4 is 5.63 Å². The fourth-order valence-corrected chi connectivity index (χ4v) is 4.33. The molecule has 0 bridgehead atoms. The number of hydrogen-bond donors (Lipinski definition) is 1. The Kier molecular flexibility index (Phi) is 4.84. The molecule has 31 heavy (non-hydrogen) atoms. The number of aromatic nitrogens is 4. The molecule has 0 radical (unpaired) electrons. The molecule has 10 heteroatoms. The molecule has 0 atom stereocenters. The largest absolute Gasteiger partial charge is 0.506 e. The lowest BCUT2D eigenvalue weighted by Crippen LogP contribution is -2.00. The zero-order chi connectivity index (χ0) is 21.5. The van der Waals surface area contributed by atoms with Crippen molar-refractivity contribution in [3.8, 4) is 11.4 Å². The molecule has 0 aliphatic rings. The van der Waals surface area contributed by atoms with Crippen LogP contribution in [0, 0.1) is 5.82 Å². The van der Waals surface area contributed by atoms with E-state index in [1.807, 2.05) is 0 Å². The fourth-order valence-electron chi connectivity index (χ4n) is 3.21. The Morgan fingerprint density at radius 2 is 1.94 bits per heavy atom. The first-order valence-corrected chi connectivity index (χ1v) is 10.4. The average molecular weight is 455 g/mol. The number of nitrogens with zero attached hydrogens (tertiary/aromatic N) is 4. The van der Waals surface area contributed by atoms with Gasteiger partial charge in [-0.05, 0) is 35.9 Å². The molecule has 0 saturated carbocycles. The standard InChI is InChI=1S/C21H12ClFN4O3S/c22-16-6-14-11(5-19(29)30-18(14)7-17(16)28)9-31-21-15-8-26-27(20(15)24-10-25-21)13-3-1-12(23)2-4-13/h1-8,10,28H,9H2. The van der Waals surface area contributed by atoms with Crippen LogP contribution in [-0.2, 0) is 5.75 Å². The quantitative estimate of drug-likeness (QED) is 0.239. The van der Waals surface area contributed by atoms with Gasteiger partial charge in [0, 0.05) is 23.3 Å². The number of benzene rings is 2. The molecule has 3 aromatic heterocycles. The summed E-state index contributed by atoms with van der Waals surface area (Å²) < 4.78 is 20.0. The SMILES string of the molecule is O=c1cc(CSc2ncnc3c2cnn3-c2ccc(F)cc2)c2cc(Cl)c(O)cc2o1. The van der Waals surface area contributed by atoms with Crippen LogP contribution in [-0.4, -0.2) is 24.9 Å². The topological polar surface area (TPSA) is 94.0 Å². The fraction of sp³-hybridized carbons (Fsp3) is 0.0476. The maximum Gasteiger partial charge on any atom is 0.336 e. The van der Waals surface area contributed by atoms with E-state index in [2.05, 4.69) is 15.1 Å². The highest BCUT2D eigenvalue weighted by Gasteiger charge is 2.14. The summed E-state index contributed by atoms with van der Waals surface area (Å²) in [4.78, 5) is 20.6. The maximum absolute atomic E-state index is 13.2. The second-order valence-corrected chi connectivity index (χ2v) is 8.00. The zero-order valence-corrected chi connectivity index (χ0v) is 17.2. The van der Waals surface area contributed by atoms with Crippen molar-refractivity contribution in [1.29, 1.82) is 0 Å². The first kappa shape index (κ1) is 19.5. The lowest BCUT2D eigenvalue weighted by Gasteiger charge is -2.07.